The summed E-state index contributed by atoms with van der Waals surface area (Å²) in [5, 5.41) is 5.22. The number of nitrogens with one attached hydrogen (secondary N) is 4. The first-order valence-electron chi connectivity index (χ1n) is 21.5. The van der Waals surface area contributed by atoms with Gasteiger partial charge in [-0.05, 0) is 72.7 Å². The first-order chi connectivity index (χ1) is 29.5. The van der Waals surface area contributed by atoms with E-state index in [1.165, 1.54) is 27.1 Å². The molecule has 5 aromatic rings. The van der Waals surface area contributed by atoms with Gasteiger partial charge in [-0.15, -0.1) is 0 Å². The number of likely N-dealkylation sites (tertiary alicyclic amines) is 1. The monoisotopic (exact) mass is 837 g/mol. The summed E-state index contributed by atoms with van der Waals surface area (Å²) >= 11 is 0. The summed E-state index contributed by atoms with van der Waals surface area (Å²) in [6.45, 7) is 12.8. The molecule has 0 spiro atoms. The molecule has 2 aromatic heterocycles. The molecule has 3 aromatic carbocycles. The highest BCUT2D eigenvalue weighted by atomic mass is 16.5. The number of benzene rings is 3. The summed E-state index contributed by atoms with van der Waals surface area (Å²) in [4.78, 5) is 72.8. The summed E-state index contributed by atoms with van der Waals surface area (Å²) < 4.78 is 9.43. The largest absolute Gasteiger partial charge is 0.453 e. The molecule has 15 nitrogen and oxygen atoms in total. The average molecular weight is 838 g/mol. The minimum absolute atomic E-state index is 0.0789. The first-order valence-corrected chi connectivity index (χ1v) is 21.5. The first kappa shape index (κ1) is 46.0. The number of amides is 4. The molecule has 61 heavy (non-hydrogen) atoms. The molecule has 1 aliphatic heterocycles. The fourth-order valence-corrected chi connectivity index (χ4v) is 7.39. The number of fused-ring (bicyclic) bond motifs is 2. The van der Waals surface area contributed by atoms with Crippen LogP contribution in [0.15, 0.2) is 66.7 Å². The van der Waals surface area contributed by atoms with Gasteiger partial charge in [0.15, 0.2) is 0 Å². The Morgan fingerprint density at radius 3 is 2.07 bits per heavy atom. The number of aromatic nitrogens is 4. The highest BCUT2D eigenvalue weighted by molar-refractivity contribution is 5.86. The third-order valence-corrected chi connectivity index (χ3v) is 11.1. The number of methoxy groups -OCH3 is 2. The summed E-state index contributed by atoms with van der Waals surface area (Å²) in [7, 11) is 2.56. The molecule has 1 saturated heterocycles. The number of para-hydroxylation sites is 1. The maximum absolute atomic E-state index is 13.8. The number of unbranched alkanes of at least 4 members (excludes halogenated alkanes) is 1. The second kappa shape index (κ2) is 22.5. The van der Waals surface area contributed by atoms with Crippen molar-refractivity contribution in [3.8, 4) is 0 Å². The van der Waals surface area contributed by atoms with Crippen molar-refractivity contribution >= 4 is 51.8 Å². The molecule has 3 atom stereocenters. The number of imidazole rings is 2. The van der Waals surface area contributed by atoms with Crippen LogP contribution in [0.5, 0.6) is 0 Å². The second-order valence-electron chi connectivity index (χ2n) is 15.5. The Morgan fingerprint density at radius 2 is 1.46 bits per heavy atom. The van der Waals surface area contributed by atoms with E-state index in [4.69, 9.17) is 14.7 Å². The Morgan fingerprint density at radius 1 is 0.820 bits per heavy atom. The van der Waals surface area contributed by atoms with Gasteiger partial charge in [-0.1, -0.05) is 84.2 Å². The Labute approximate surface area is 359 Å². The van der Waals surface area contributed by atoms with Crippen LogP contribution in [0.3, 0.4) is 0 Å². The topological polar surface area (TPSA) is 178 Å². The van der Waals surface area contributed by atoms with E-state index >= 15 is 0 Å². The van der Waals surface area contributed by atoms with Gasteiger partial charge in [-0.3, -0.25) is 9.59 Å². The number of carbonyl (C=O) groups is 4. The second-order valence-corrected chi connectivity index (χ2v) is 15.5. The van der Waals surface area contributed by atoms with Gasteiger partial charge >= 0.3 is 12.2 Å². The molecule has 1 aliphatic rings. The molecule has 328 valence electrons. The molecule has 3 heterocycles. The van der Waals surface area contributed by atoms with Gasteiger partial charge in [-0.2, -0.15) is 0 Å². The van der Waals surface area contributed by atoms with Crippen molar-refractivity contribution in [3.05, 3.63) is 89.5 Å². The van der Waals surface area contributed by atoms with E-state index in [1.807, 2.05) is 51.1 Å². The van der Waals surface area contributed by atoms with Gasteiger partial charge in [0.1, 0.15) is 24.2 Å². The van der Waals surface area contributed by atoms with Crippen molar-refractivity contribution < 1.29 is 28.7 Å². The van der Waals surface area contributed by atoms with Gasteiger partial charge in [-0.25, -0.2) is 19.6 Å². The average Bonchev–Trinajstić information content (AvgIpc) is 4.05. The zero-order valence-corrected chi connectivity index (χ0v) is 36.8. The van der Waals surface area contributed by atoms with Crippen LogP contribution in [0.25, 0.3) is 22.1 Å². The maximum atomic E-state index is 13.8. The summed E-state index contributed by atoms with van der Waals surface area (Å²) in [6.07, 6.45) is 4.47. The van der Waals surface area contributed by atoms with E-state index < -0.39 is 18.2 Å². The normalized spacial score (nSPS) is 14.5. The zero-order valence-electron chi connectivity index (χ0n) is 36.8. The standard InChI is InChI=1S/C42H53N9O6.C4H10/c1-6-19-49(40(53)38(27(3)7-2)48-42(55)57-5)26-36-44-31-17-15-28(21-33(31)45-36)24-50(30-12-9-8-10-13-30)25-29-16-18-32-34(22-29)47-39(46-32)35-14-11-20-51(35)37(52)23-43-41(54)56-4;1-3-4-2/h8-10,12-13,15-18,21-22,27,35,38H,6-7,11,14,19-20,23-26H2,1-5H3,(H,43,54)(H,44,45)(H,46,47)(H,48,55);3-4H2,1-2H3/t27?,35-,38?;/m0./s1. The Balaban J connectivity index is 0.00000168. The number of nitrogens with zero attached hydrogens (tertiary/aromatic N) is 5. The molecular weight excluding hydrogens is 775 g/mol. The van der Waals surface area contributed by atoms with E-state index in [1.54, 1.807) is 9.80 Å². The van der Waals surface area contributed by atoms with Gasteiger partial charge in [0.2, 0.25) is 11.8 Å². The molecule has 0 radical (unpaired) electrons. The van der Waals surface area contributed by atoms with Crippen molar-refractivity contribution in [2.75, 3.05) is 38.8 Å². The minimum Gasteiger partial charge on any atom is -0.453 e. The van der Waals surface area contributed by atoms with Crippen molar-refractivity contribution in [1.29, 1.82) is 0 Å². The number of hydrogen-bond donors (Lipinski definition) is 4. The van der Waals surface area contributed by atoms with Gasteiger partial charge in [0.05, 0.1) is 48.9 Å². The molecule has 0 aliphatic carbocycles. The predicted octanol–water partition coefficient (Wildman–Crippen LogP) is 7.98. The SMILES string of the molecule is CCCC.CCCN(Cc1nc2ccc(CN(Cc3ccc4nc([C@@H]5CCCN5C(=O)CNC(=O)OC)[nH]c4c3)c3ccccc3)cc2[nH]1)C(=O)C(NC(=O)OC)C(C)CC. The van der Waals surface area contributed by atoms with Crippen molar-refractivity contribution in [3.63, 3.8) is 0 Å². The molecule has 2 unspecified atom stereocenters. The quantitative estimate of drug-likeness (QED) is 0.0723. The van der Waals surface area contributed by atoms with Crippen LogP contribution in [-0.4, -0.2) is 93.6 Å². The summed E-state index contributed by atoms with van der Waals surface area (Å²) in [5.74, 6) is 0.973. The van der Waals surface area contributed by atoms with Crippen molar-refractivity contribution in [2.45, 2.75) is 105 Å². The molecule has 0 bridgehead atoms. The third kappa shape index (κ3) is 12.2. The summed E-state index contributed by atoms with van der Waals surface area (Å²) in [5.41, 5.74) is 6.63. The number of alkyl carbamates (subject to hydrolysis) is 2. The Kier molecular flexibility index (Phi) is 16.9. The minimum atomic E-state index is -0.707. The van der Waals surface area contributed by atoms with Crippen LogP contribution in [0.4, 0.5) is 15.3 Å². The highest BCUT2D eigenvalue weighted by Gasteiger charge is 2.33. The van der Waals surface area contributed by atoms with Gasteiger partial charge in [0, 0.05) is 31.9 Å². The maximum Gasteiger partial charge on any atom is 0.407 e. The van der Waals surface area contributed by atoms with Crippen LogP contribution in [0, 0.1) is 5.92 Å². The lowest BCUT2D eigenvalue weighted by Crippen LogP contribution is -2.51. The number of carbonyl (C=O) groups excluding carboxylic acids is 4. The number of H-pyrrole nitrogens is 2. The van der Waals surface area contributed by atoms with Gasteiger partial charge < -0.3 is 44.8 Å². The summed E-state index contributed by atoms with van der Waals surface area (Å²) in [6, 6.07) is 21.7. The lowest BCUT2D eigenvalue weighted by atomic mass is 9.98. The van der Waals surface area contributed by atoms with Crippen LogP contribution < -0.4 is 15.5 Å². The third-order valence-electron chi connectivity index (χ3n) is 11.1. The van der Waals surface area contributed by atoms with Gasteiger partial charge in [0.25, 0.3) is 0 Å². The van der Waals surface area contributed by atoms with Crippen LogP contribution in [0.1, 0.15) is 102 Å². The number of rotatable bonds is 17. The fraction of sp³-hybridized carbons (Fsp3) is 0.478. The van der Waals surface area contributed by atoms with E-state index in [0.717, 1.165) is 70.4 Å². The van der Waals surface area contributed by atoms with Crippen molar-refractivity contribution in [1.82, 2.24) is 40.4 Å². The molecule has 0 saturated carbocycles. The fourth-order valence-electron chi connectivity index (χ4n) is 7.39. The number of anilines is 1. The van der Waals surface area contributed by atoms with Crippen LogP contribution >= 0.6 is 0 Å². The number of hydrogen-bond acceptors (Lipinski definition) is 9. The van der Waals surface area contributed by atoms with E-state index in [0.29, 0.717) is 32.0 Å². The zero-order chi connectivity index (χ0) is 43.9. The Hall–Kier alpha value is -6.12. The molecule has 15 heteroatoms. The Bertz CT molecular complexity index is 2200. The molecule has 4 amide bonds. The molecule has 6 rings (SSSR count). The van der Waals surface area contributed by atoms with E-state index in [-0.39, 0.29) is 36.9 Å². The van der Waals surface area contributed by atoms with Crippen molar-refractivity contribution in [2.24, 2.45) is 5.92 Å². The van der Waals surface area contributed by atoms with Crippen LogP contribution in [0.2, 0.25) is 0 Å². The predicted molar refractivity (Wildman–Crippen MR) is 238 cm³/mol. The number of ether oxygens (including phenoxy) is 2. The van der Waals surface area contributed by atoms with E-state index in [2.05, 4.69) is 80.5 Å². The number of aromatic amines is 2. The lowest BCUT2D eigenvalue weighted by molar-refractivity contribution is -0.135. The molecular formula is C46H63N9O6. The van der Waals surface area contributed by atoms with E-state index in [9.17, 15) is 19.2 Å². The molecule has 1 fully saturated rings. The highest BCUT2D eigenvalue weighted by Crippen LogP contribution is 2.32. The smallest absolute Gasteiger partial charge is 0.407 e. The lowest BCUT2D eigenvalue weighted by Gasteiger charge is -2.29. The van der Waals surface area contributed by atoms with Crippen LogP contribution in [-0.2, 0) is 38.7 Å². The molecule has 4 N–H and O–H groups in total.